The molecule has 1 heterocycles. The van der Waals surface area contributed by atoms with E-state index in [4.69, 9.17) is 0 Å². The largest absolute Gasteiger partial charge is 0.391 e. The number of aliphatic hydroxyl groups is 1. The lowest BCUT2D eigenvalue weighted by atomic mass is 10.0. The van der Waals surface area contributed by atoms with Crippen molar-refractivity contribution in [1.82, 2.24) is 9.21 Å². The minimum atomic E-state index is -3.30. The van der Waals surface area contributed by atoms with Gasteiger partial charge >= 0.3 is 0 Å². The molecule has 1 aliphatic heterocycles. The second-order valence-electron chi connectivity index (χ2n) is 6.72. The van der Waals surface area contributed by atoms with E-state index in [9.17, 15) is 13.5 Å². The molecule has 2 atom stereocenters. The number of β-amino-alcohol motifs (C(OH)–C–C–N with tert-alkyl or cyclic N) is 1. The zero-order valence-corrected chi connectivity index (χ0v) is 14.9. The molecule has 0 spiro atoms. The molecular weight excluding hydrogens is 324 g/mol. The summed E-state index contributed by atoms with van der Waals surface area (Å²) in [5, 5.41) is 12.7. The van der Waals surface area contributed by atoms with Gasteiger partial charge in [0.25, 0.3) is 0 Å². The minimum absolute atomic E-state index is 0.00674. The number of hydrogen-bond acceptors (Lipinski definition) is 4. The van der Waals surface area contributed by atoms with Crippen molar-refractivity contribution >= 4 is 20.8 Å². The van der Waals surface area contributed by atoms with Gasteiger partial charge in [-0.3, -0.25) is 4.90 Å². The summed E-state index contributed by atoms with van der Waals surface area (Å²) < 4.78 is 25.4. The van der Waals surface area contributed by atoms with Crippen LogP contribution in [0.4, 0.5) is 0 Å². The summed E-state index contributed by atoms with van der Waals surface area (Å²) >= 11 is 0. The summed E-state index contributed by atoms with van der Waals surface area (Å²) in [6.45, 7) is 1.82. The number of aliphatic hydroxyl groups excluding tert-OH is 1. The van der Waals surface area contributed by atoms with Crippen LogP contribution in [0.5, 0.6) is 0 Å². The summed E-state index contributed by atoms with van der Waals surface area (Å²) in [7, 11) is -0.234. The van der Waals surface area contributed by atoms with Crippen LogP contribution in [0.25, 0.3) is 10.8 Å². The van der Waals surface area contributed by atoms with Gasteiger partial charge in [-0.2, -0.15) is 0 Å². The molecule has 2 aromatic carbocycles. The average molecular weight is 348 g/mol. The Bertz CT molecular complexity index is 815. The topological polar surface area (TPSA) is 60.9 Å². The summed E-state index contributed by atoms with van der Waals surface area (Å²) in [6, 6.07) is 14.5. The van der Waals surface area contributed by atoms with Crippen LogP contribution in [0.15, 0.2) is 42.5 Å². The van der Waals surface area contributed by atoms with E-state index < -0.39 is 16.1 Å². The standard InChI is InChI=1S/C18H24N2O3S/c1-19(2)24(22,23)13-16-11-20(12-18(16)21)10-15-8-5-7-14-6-3-4-9-17(14)15/h3-9,16,18,21H,10-13H2,1-2H3/t16-,18+/m0/s1. The van der Waals surface area contributed by atoms with Gasteiger partial charge in [0, 0.05) is 39.6 Å². The van der Waals surface area contributed by atoms with Gasteiger partial charge < -0.3 is 5.11 Å². The third-order valence-corrected chi connectivity index (χ3v) is 6.70. The van der Waals surface area contributed by atoms with Crippen LogP contribution < -0.4 is 0 Å². The maximum atomic E-state index is 12.1. The first-order valence-electron chi connectivity index (χ1n) is 8.14. The smallest absolute Gasteiger partial charge is 0.214 e. The van der Waals surface area contributed by atoms with Crippen LogP contribution in [0.1, 0.15) is 5.56 Å². The fourth-order valence-corrected chi connectivity index (χ4v) is 4.49. The molecule has 1 aliphatic rings. The lowest BCUT2D eigenvalue weighted by Crippen LogP contribution is -2.33. The summed E-state index contributed by atoms with van der Waals surface area (Å²) in [4.78, 5) is 2.14. The number of benzene rings is 2. The van der Waals surface area contributed by atoms with Crippen LogP contribution in [0.2, 0.25) is 0 Å². The quantitative estimate of drug-likeness (QED) is 0.890. The highest BCUT2D eigenvalue weighted by Gasteiger charge is 2.35. The molecule has 1 fully saturated rings. The molecule has 1 N–H and O–H groups in total. The molecular formula is C18H24N2O3S. The Morgan fingerprint density at radius 1 is 1.12 bits per heavy atom. The molecule has 0 amide bonds. The van der Waals surface area contributed by atoms with E-state index >= 15 is 0 Å². The van der Waals surface area contributed by atoms with Crippen LogP contribution in [-0.2, 0) is 16.6 Å². The number of likely N-dealkylation sites (tertiary alicyclic amines) is 1. The Morgan fingerprint density at radius 2 is 1.83 bits per heavy atom. The van der Waals surface area contributed by atoms with E-state index in [1.807, 2.05) is 18.2 Å². The highest BCUT2D eigenvalue weighted by atomic mass is 32.2. The van der Waals surface area contributed by atoms with E-state index in [0.717, 1.165) is 6.54 Å². The molecule has 6 heteroatoms. The van der Waals surface area contributed by atoms with Crippen LogP contribution in [0.3, 0.4) is 0 Å². The van der Waals surface area contributed by atoms with Crippen molar-refractivity contribution in [3.8, 4) is 0 Å². The first-order valence-corrected chi connectivity index (χ1v) is 9.75. The molecule has 0 aromatic heterocycles. The van der Waals surface area contributed by atoms with Gasteiger partial charge in [-0.15, -0.1) is 0 Å². The van der Waals surface area contributed by atoms with Gasteiger partial charge in [0.15, 0.2) is 0 Å². The molecule has 0 bridgehead atoms. The summed E-state index contributed by atoms with van der Waals surface area (Å²) in [5.74, 6) is -0.250. The Kier molecular flexibility index (Phi) is 4.92. The Labute approximate surface area is 143 Å². The monoisotopic (exact) mass is 348 g/mol. The number of fused-ring (bicyclic) bond motifs is 1. The zero-order valence-electron chi connectivity index (χ0n) is 14.1. The van der Waals surface area contributed by atoms with Crippen molar-refractivity contribution in [2.24, 2.45) is 5.92 Å². The van der Waals surface area contributed by atoms with Crippen LogP contribution >= 0.6 is 0 Å². The predicted molar refractivity (Wildman–Crippen MR) is 96.2 cm³/mol. The molecule has 3 rings (SSSR count). The van der Waals surface area contributed by atoms with Crippen molar-refractivity contribution in [2.75, 3.05) is 32.9 Å². The van der Waals surface area contributed by atoms with Gasteiger partial charge in [0.05, 0.1) is 11.9 Å². The molecule has 1 saturated heterocycles. The SMILES string of the molecule is CN(C)S(=O)(=O)C[C@@H]1CN(Cc2cccc3ccccc23)C[C@H]1O. The normalized spacial score (nSPS) is 22.5. The van der Waals surface area contributed by atoms with E-state index in [2.05, 4.69) is 29.2 Å². The van der Waals surface area contributed by atoms with Crippen molar-refractivity contribution in [3.63, 3.8) is 0 Å². The molecule has 0 radical (unpaired) electrons. The fraction of sp³-hybridized carbons (Fsp3) is 0.444. The molecule has 5 nitrogen and oxygen atoms in total. The van der Waals surface area contributed by atoms with E-state index in [0.29, 0.717) is 13.1 Å². The Hall–Kier alpha value is -1.47. The highest BCUT2D eigenvalue weighted by molar-refractivity contribution is 7.89. The fourth-order valence-electron chi connectivity index (χ4n) is 3.33. The van der Waals surface area contributed by atoms with E-state index in [1.165, 1.54) is 34.7 Å². The summed E-state index contributed by atoms with van der Waals surface area (Å²) in [6.07, 6.45) is -0.602. The summed E-state index contributed by atoms with van der Waals surface area (Å²) in [5.41, 5.74) is 1.21. The van der Waals surface area contributed by atoms with E-state index in [1.54, 1.807) is 0 Å². The first kappa shape index (κ1) is 17.4. The second-order valence-corrected chi connectivity index (χ2v) is 8.95. The van der Waals surface area contributed by atoms with Crippen LogP contribution in [-0.4, -0.2) is 61.8 Å². The first-order chi connectivity index (χ1) is 11.4. The van der Waals surface area contributed by atoms with Gasteiger partial charge in [-0.1, -0.05) is 42.5 Å². The Balaban J connectivity index is 1.73. The molecule has 0 unspecified atom stereocenters. The number of rotatable bonds is 5. The number of nitrogens with zero attached hydrogens (tertiary/aromatic N) is 2. The molecule has 2 aromatic rings. The van der Waals surface area contributed by atoms with Gasteiger partial charge in [0.1, 0.15) is 0 Å². The maximum absolute atomic E-state index is 12.1. The minimum Gasteiger partial charge on any atom is -0.391 e. The van der Waals surface area contributed by atoms with Gasteiger partial charge in [0.2, 0.25) is 10.0 Å². The molecule has 0 aliphatic carbocycles. The van der Waals surface area contributed by atoms with Crippen molar-refractivity contribution in [2.45, 2.75) is 12.6 Å². The molecule has 24 heavy (non-hydrogen) atoms. The third-order valence-electron chi connectivity index (χ3n) is 4.74. The average Bonchev–Trinajstić information content (AvgIpc) is 2.86. The van der Waals surface area contributed by atoms with Gasteiger partial charge in [-0.25, -0.2) is 12.7 Å². The second kappa shape index (κ2) is 6.80. The number of sulfonamides is 1. The van der Waals surface area contributed by atoms with Crippen molar-refractivity contribution in [1.29, 1.82) is 0 Å². The van der Waals surface area contributed by atoms with E-state index in [-0.39, 0.29) is 11.7 Å². The van der Waals surface area contributed by atoms with Crippen molar-refractivity contribution in [3.05, 3.63) is 48.0 Å². The van der Waals surface area contributed by atoms with Crippen LogP contribution in [0, 0.1) is 5.92 Å². The molecule has 130 valence electrons. The predicted octanol–water partition coefficient (Wildman–Crippen LogP) is 1.52. The highest BCUT2D eigenvalue weighted by Crippen LogP contribution is 2.25. The lowest BCUT2D eigenvalue weighted by molar-refractivity contribution is 0.148. The van der Waals surface area contributed by atoms with Crippen molar-refractivity contribution < 1.29 is 13.5 Å². The lowest BCUT2D eigenvalue weighted by Gasteiger charge is -2.18. The zero-order chi connectivity index (χ0) is 17.3. The molecule has 0 saturated carbocycles. The number of hydrogen-bond donors (Lipinski definition) is 1. The maximum Gasteiger partial charge on any atom is 0.214 e. The Morgan fingerprint density at radius 3 is 2.58 bits per heavy atom. The third kappa shape index (κ3) is 3.62. The van der Waals surface area contributed by atoms with Gasteiger partial charge in [-0.05, 0) is 16.3 Å².